The van der Waals surface area contributed by atoms with Crippen LogP contribution in [0.15, 0.2) is 18.2 Å². The Balaban J connectivity index is 2.41. The number of nitrogens with one attached hydrogen (secondary N) is 1. The van der Waals surface area contributed by atoms with Crippen LogP contribution in [0, 0.1) is 0 Å². The number of hydrogen-bond acceptors (Lipinski definition) is 5. The number of nitrogens with two attached hydrogens (primary N) is 2. The predicted octanol–water partition coefficient (Wildman–Crippen LogP) is -0.928. The molecule has 0 radical (unpaired) electrons. The van der Waals surface area contributed by atoms with Crippen molar-refractivity contribution < 1.29 is 13.2 Å². The second kappa shape index (κ2) is 5.60. The van der Waals surface area contributed by atoms with Gasteiger partial charge in [-0.1, -0.05) is 6.07 Å². The first-order valence-corrected chi connectivity index (χ1v) is 6.61. The van der Waals surface area contributed by atoms with Gasteiger partial charge < -0.3 is 11.1 Å². The van der Waals surface area contributed by atoms with E-state index in [2.05, 4.69) is 10.3 Å². The Labute approximate surface area is 99.3 Å². The van der Waals surface area contributed by atoms with Crippen LogP contribution in [-0.2, 0) is 10.0 Å². The zero-order valence-corrected chi connectivity index (χ0v) is 9.90. The van der Waals surface area contributed by atoms with Gasteiger partial charge in [-0.3, -0.25) is 4.79 Å². The summed E-state index contributed by atoms with van der Waals surface area (Å²) >= 11 is 0. The highest BCUT2D eigenvalue weighted by molar-refractivity contribution is 7.89. The average Bonchev–Trinajstić information content (AvgIpc) is 2.23. The molecule has 1 heterocycles. The summed E-state index contributed by atoms with van der Waals surface area (Å²) in [6, 6.07) is 4.70. The number of carbonyl (C=O) groups is 1. The Bertz CT molecular complexity index is 501. The molecule has 0 aromatic carbocycles. The van der Waals surface area contributed by atoms with Crippen LogP contribution in [0.25, 0.3) is 0 Å². The maximum Gasteiger partial charge on any atom is 0.269 e. The van der Waals surface area contributed by atoms with Gasteiger partial charge in [-0.15, -0.1) is 0 Å². The first-order chi connectivity index (χ1) is 7.88. The summed E-state index contributed by atoms with van der Waals surface area (Å²) in [5, 5.41) is 7.34. The number of pyridine rings is 1. The molecule has 94 valence electrons. The van der Waals surface area contributed by atoms with Crippen molar-refractivity contribution in [2.45, 2.75) is 6.42 Å². The van der Waals surface area contributed by atoms with Crippen molar-refractivity contribution in [3.63, 3.8) is 0 Å². The summed E-state index contributed by atoms with van der Waals surface area (Å²) in [6.07, 6.45) is 0.257. The van der Waals surface area contributed by atoms with Gasteiger partial charge in [-0.25, -0.2) is 18.5 Å². The molecule has 1 aromatic rings. The predicted molar refractivity (Wildman–Crippen MR) is 63.6 cm³/mol. The van der Waals surface area contributed by atoms with Crippen LogP contribution in [0.4, 0.5) is 5.82 Å². The quantitative estimate of drug-likeness (QED) is 0.588. The maximum absolute atomic E-state index is 11.5. The van der Waals surface area contributed by atoms with E-state index in [1.165, 1.54) is 6.07 Å². The highest BCUT2D eigenvalue weighted by atomic mass is 32.2. The van der Waals surface area contributed by atoms with Crippen molar-refractivity contribution in [1.82, 2.24) is 10.3 Å². The van der Waals surface area contributed by atoms with E-state index in [4.69, 9.17) is 10.9 Å². The Morgan fingerprint density at radius 1 is 1.41 bits per heavy atom. The minimum absolute atomic E-state index is 0.169. The molecule has 8 heteroatoms. The maximum atomic E-state index is 11.5. The molecule has 0 unspecified atom stereocenters. The highest BCUT2D eigenvalue weighted by Gasteiger charge is 2.07. The summed E-state index contributed by atoms with van der Waals surface area (Å²) in [7, 11) is -3.48. The smallest absolute Gasteiger partial charge is 0.269 e. The Kier molecular flexibility index (Phi) is 4.41. The molecular formula is C9H14N4O3S. The Morgan fingerprint density at radius 2 is 2.12 bits per heavy atom. The summed E-state index contributed by atoms with van der Waals surface area (Å²) in [6.45, 7) is 0.214. The summed E-state index contributed by atoms with van der Waals surface area (Å²) < 4.78 is 21.3. The third-order valence-electron chi connectivity index (χ3n) is 1.89. The number of sulfonamides is 1. The molecule has 17 heavy (non-hydrogen) atoms. The lowest BCUT2D eigenvalue weighted by Gasteiger charge is -2.04. The zero-order valence-electron chi connectivity index (χ0n) is 9.09. The lowest BCUT2D eigenvalue weighted by atomic mass is 10.3. The molecule has 0 fully saturated rings. The first-order valence-electron chi connectivity index (χ1n) is 4.90. The number of nitrogens with zero attached hydrogens (tertiary/aromatic N) is 1. The lowest BCUT2D eigenvalue weighted by Crippen LogP contribution is -2.28. The van der Waals surface area contributed by atoms with E-state index >= 15 is 0 Å². The monoisotopic (exact) mass is 258 g/mol. The van der Waals surface area contributed by atoms with E-state index in [1.54, 1.807) is 12.1 Å². The molecule has 0 atom stereocenters. The van der Waals surface area contributed by atoms with Gasteiger partial charge in [-0.05, 0) is 18.6 Å². The van der Waals surface area contributed by atoms with Crippen LogP contribution in [0.5, 0.6) is 0 Å². The van der Waals surface area contributed by atoms with Crippen LogP contribution < -0.4 is 16.2 Å². The summed E-state index contributed by atoms with van der Waals surface area (Å²) in [5.74, 6) is -0.314. The van der Waals surface area contributed by atoms with E-state index in [1.807, 2.05) is 0 Å². The molecule has 0 aliphatic rings. The topological polar surface area (TPSA) is 128 Å². The van der Waals surface area contributed by atoms with E-state index in [0.29, 0.717) is 0 Å². The number of anilines is 1. The van der Waals surface area contributed by atoms with Gasteiger partial charge >= 0.3 is 0 Å². The molecular weight excluding hydrogens is 244 g/mol. The third-order valence-corrected chi connectivity index (χ3v) is 2.75. The van der Waals surface area contributed by atoms with Crippen molar-refractivity contribution in [2.75, 3.05) is 18.0 Å². The summed E-state index contributed by atoms with van der Waals surface area (Å²) in [4.78, 5) is 15.3. The molecule has 0 aliphatic heterocycles. The SMILES string of the molecule is Nc1cccc(C(=O)NCCCS(N)(=O)=O)n1. The number of rotatable bonds is 5. The standard InChI is InChI=1S/C9H14N4O3S/c10-8-4-1-3-7(13-8)9(14)12-5-2-6-17(11,15)16/h1,3-4H,2,5-6H2,(H2,10,13)(H,12,14)(H2,11,15,16). The number of carbonyl (C=O) groups excluding carboxylic acids is 1. The second-order valence-electron chi connectivity index (χ2n) is 3.42. The molecule has 0 saturated carbocycles. The Morgan fingerprint density at radius 3 is 2.71 bits per heavy atom. The van der Waals surface area contributed by atoms with Crippen LogP contribution in [0.3, 0.4) is 0 Å². The molecule has 7 nitrogen and oxygen atoms in total. The fourth-order valence-corrected chi connectivity index (χ4v) is 1.69. The lowest BCUT2D eigenvalue weighted by molar-refractivity contribution is 0.0949. The number of amides is 1. The molecule has 1 rings (SSSR count). The van der Waals surface area contributed by atoms with Gasteiger partial charge in [0.15, 0.2) is 0 Å². The zero-order chi connectivity index (χ0) is 12.9. The minimum Gasteiger partial charge on any atom is -0.384 e. The normalized spacial score (nSPS) is 11.1. The van der Waals surface area contributed by atoms with Crippen LogP contribution in [-0.4, -0.2) is 31.6 Å². The van der Waals surface area contributed by atoms with Crippen LogP contribution >= 0.6 is 0 Å². The molecule has 0 bridgehead atoms. The van der Waals surface area contributed by atoms with Gasteiger partial charge in [-0.2, -0.15) is 0 Å². The fourth-order valence-electron chi connectivity index (χ4n) is 1.14. The van der Waals surface area contributed by atoms with Crippen LogP contribution in [0.2, 0.25) is 0 Å². The van der Waals surface area contributed by atoms with E-state index < -0.39 is 15.9 Å². The van der Waals surface area contributed by atoms with Gasteiger partial charge in [0.25, 0.3) is 5.91 Å². The van der Waals surface area contributed by atoms with E-state index in [0.717, 1.165) is 0 Å². The molecule has 0 aliphatic carbocycles. The molecule has 5 N–H and O–H groups in total. The van der Waals surface area contributed by atoms with Crippen molar-refractivity contribution in [3.8, 4) is 0 Å². The third kappa shape index (κ3) is 5.27. The van der Waals surface area contributed by atoms with E-state index in [-0.39, 0.29) is 30.2 Å². The molecule has 0 spiro atoms. The van der Waals surface area contributed by atoms with Gasteiger partial charge in [0, 0.05) is 6.54 Å². The molecule has 1 aromatic heterocycles. The van der Waals surface area contributed by atoms with Gasteiger partial charge in [0.1, 0.15) is 11.5 Å². The summed E-state index contributed by atoms with van der Waals surface area (Å²) in [5.41, 5.74) is 5.62. The number of nitrogen functional groups attached to an aromatic ring is 1. The highest BCUT2D eigenvalue weighted by Crippen LogP contribution is 1.99. The first kappa shape index (κ1) is 13.4. The number of primary sulfonamides is 1. The fraction of sp³-hybridized carbons (Fsp3) is 0.333. The molecule has 1 amide bonds. The van der Waals surface area contributed by atoms with Gasteiger partial charge in [0.2, 0.25) is 10.0 Å². The second-order valence-corrected chi connectivity index (χ2v) is 5.16. The largest absolute Gasteiger partial charge is 0.384 e. The Hall–Kier alpha value is -1.67. The number of hydrogen-bond donors (Lipinski definition) is 3. The van der Waals surface area contributed by atoms with Crippen molar-refractivity contribution in [1.29, 1.82) is 0 Å². The van der Waals surface area contributed by atoms with Gasteiger partial charge in [0.05, 0.1) is 5.75 Å². The number of aromatic nitrogens is 1. The molecule has 0 saturated heterocycles. The van der Waals surface area contributed by atoms with Crippen molar-refractivity contribution in [2.24, 2.45) is 5.14 Å². The van der Waals surface area contributed by atoms with Crippen molar-refractivity contribution in [3.05, 3.63) is 23.9 Å². The average molecular weight is 258 g/mol. The van der Waals surface area contributed by atoms with E-state index in [9.17, 15) is 13.2 Å². The van der Waals surface area contributed by atoms with Crippen LogP contribution in [0.1, 0.15) is 16.9 Å². The van der Waals surface area contributed by atoms with Crippen molar-refractivity contribution >= 4 is 21.7 Å². The minimum atomic E-state index is -3.48.